The summed E-state index contributed by atoms with van der Waals surface area (Å²) >= 11 is 0. The van der Waals surface area contributed by atoms with Crippen molar-refractivity contribution >= 4 is 10.8 Å². The second kappa shape index (κ2) is 5.93. The molecule has 0 fully saturated rings. The van der Waals surface area contributed by atoms with Gasteiger partial charge in [-0.25, -0.2) is 4.39 Å². The molecule has 1 N–H and O–H groups in total. The van der Waals surface area contributed by atoms with Crippen LogP contribution in [-0.2, 0) is 17.2 Å². The summed E-state index contributed by atoms with van der Waals surface area (Å²) in [5.74, 6) is 0.635. The fourth-order valence-corrected chi connectivity index (χ4v) is 3.24. The number of hydrogen-bond donors (Lipinski definition) is 1. The van der Waals surface area contributed by atoms with Gasteiger partial charge in [0.15, 0.2) is 0 Å². The molecule has 1 aromatic carbocycles. The number of nitrogens with one attached hydrogen (secondary N) is 1. The lowest BCUT2D eigenvalue weighted by atomic mass is 10.1. The topological polar surface area (TPSA) is 29.1 Å². The third kappa shape index (κ3) is 3.18. The highest BCUT2D eigenvalue weighted by molar-refractivity contribution is 7.84. The van der Waals surface area contributed by atoms with Gasteiger partial charge in [-0.3, -0.25) is 4.21 Å². The van der Waals surface area contributed by atoms with Crippen LogP contribution >= 0.6 is 0 Å². The highest BCUT2D eigenvalue weighted by atomic mass is 32.2. The Morgan fingerprint density at radius 2 is 2.33 bits per heavy atom. The van der Waals surface area contributed by atoms with Gasteiger partial charge in [0.2, 0.25) is 0 Å². The van der Waals surface area contributed by atoms with Gasteiger partial charge in [-0.1, -0.05) is 12.1 Å². The van der Waals surface area contributed by atoms with Gasteiger partial charge in [0.1, 0.15) is 5.82 Å². The van der Waals surface area contributed by atoms with Gasteiger partial charge in [-0.15, -0.1) is 0 Å². The van der Waals surface area contributed by atoms with E-state index in [4.69, 9.17) is 0 Å². The first kappa shape index (κ1) is 13.7. The zero-order valence-electron chi connectivity index (χ0n) is 10.9. The van der Waals surface area contributed by atoms with Crippen LogP contribution < -0.4 is 5.32 Å². The van der Waals surface area contributed by atoms with Gasteiger partial charge in [-0.05, 0) is 43.4 Å². The number of hydrogen-bond acceptors (Lipinski definition) is 2. The van der Waals surface area contributed by atoms with E-state index in [0.29, 0.717) is 6.04 Å². The normalized spacial score (nSPS) is 21.6. The van der Waals surface area contributed by atoms with Crippen molar-refractivity contribution in [2.24, 2.45) is 0 Å². The Kier molecular flexibility index (Phi) is 4.51. The quantitative estimate of drug-likeness (QED) is 0.890. The first-order valence-corrected chi connectivity index (χ1v) is 8.14. The maximum Gasteiger partial charge on any atom is 0.126 e. The minimum Gasteiger partial charge on any atom is -0.307 e. The molecule has 2 rings (SSSR count). The molecule has 0 aliphatic heterocycles. The summed E-state index contributed by atoms with van der Waals surface area (Å²) in [6.07, 6.45) is 4.39. The zero-order valence-corrected chi connectivity index (χ0v) is 11.7. The highest BCUT2D eigenvalue weighted by Gasteiger charge is 2.25. The van der Waals surface area contributed by atoms with Crippen LogP contribution in [0.2, 0.25) is 0 Å². The van der Waals surface area contributed by atoms with E-state index in [1.54, 1.807) is 12.3 Å². The highest BCUT2D eigenvalue weighted by Crippen LogP contribution is 2.33. The van der Waals surface area contributed by atoms with Gasteiger partial charge in [-0.2, -0.15) is 0 Å². The van der Waals surface area contributed by atoms with E-state index in [2.05, 4.69) is 12.2 Å². The van der Waals surface area contributed by atoms with Crippen LogP contribution in [0, 0.1) is 5.82 Å². The van der Waals surface area contributed by atoms with Gasteiger partial charge in [0.25, 0.3) is 0 Å². The molecule has 0 heterocycles. The lowest BCUT2D eigenvalue weighted by molar-refractivity contribution is 0.446. The van der Waals surface area contributed by atoms with Crippen LogP contribution in [-0.4, -0.2) is 22.3 Å². The number of halogens is 1. The Labute approximate surface area is 110 Å². The molecule has 4 heteroatoms. The SMILES string of the molecule is CC(CCS(C)=O)NC1CCc2c(F)cccc21. The van der Waals surface area contributed by atoms with E-state index in [1.807, 2.05) is 6.07 Å². The average Bonchev–Trinajstić information content (AvgIpc) is 2.72. The van der Waals surface area contributed by atoms with Gasteiger partial charge in [0, 0.05) is 34.9 Å². The molecule has 0 bridgehead atoms. The molecule has 100 valence electrons. The van der Waals surface area contributed by atoms with Gasteiger partial charge in [0.05, 0.1) is 0 Å². The second-order valence-electron chi connectivity index (χ2n) is 5.03. The van der Waals surface area contributed by atoms with Crippen molar-refractivity contribution in [3.8, 4) is 0 Å². The summed E-state index contributed by atoms with van der Waals surface area (Å²) in [5, 5.41) is 3.52. The first-order chi connectivity index (χ1) is 8.58. The largest absolute Gasteiger partial charge is 0.307 e. The maximum atomic E-state index is 13.6. The van der Waals surface area contributed by atoms with E-state index in [1.165, 1.54) is 6.07 Å². The minimum absolute atomic E-state index is 0.0842. The van der Waals surface area contributed by atoms with E-state index in [0.717, 1.165) is 36.1 Å². The molecule has 2 nitrogen and oxygen atoms in total. The third-order valence-electron chi connectivity index (χ3n) is 3.54. The molecule has 0 spiro atoms. The number of benzene rings is 1. The summed E-state index contributed by atoms with van der Waals surface area (Å²) in [7, 11) is -0.738. The maximum absolute atomic E-state index is 13.6. The van der Waals surface area contributed by atoms with Crippen LogP contribution in [0.5, 0.6) is 0 Å². The van der Waals surface area contributed by atoms with Crippen molar-refractivity contribution in [2.45, 2.75) is 38.3 Å². The Bertz CT molecular complexity index is 449. The Balaban J connectivity index is 1.97. The van der Waals surface area contributed by atoms with Crippen molar-refractivity contribution in [3.05, 3.63) is 35.1 Å². The molecule has 18 heavy (non-hydrogen) atoms. The average molecular weight is 269 g/mol. The van der Waals surface area contributed by atoms with Crippen molar-refractivity contribution in [1.29, 1.82) is 0 Å². The van der Waals surface area contributed by atoms with Crippen molar-refractivity contribution in [1.82, 2.24) is 5.32 Å². The molecule has 3 atom stereocenters. The fourth-order valence-electron chi connectivity index (χ4n) is 2.55. The fraction of sp³-hybridized carbons (Fsp3) is 0.571. The van der Waals surface area contributed by atoms with Crippen molar-refractivity contribution in [3.63, 3.8) is 0 Å². The molecule has 0 saturated carbocycles. The third-order valence-corrected chi connectivity index (χ3v) is 4.35. The molecule has 1 aliphatic carbocycles. The molecule has 1 aromatic rings. The van der Waals surface area contributed by atoms with E-state index in [9.17, 15) is 8.60 Å². The van der Waals surface area contributed by atoms with Gasteiger partial charge < -0.3 is 5.32 Å². The lowest BCUT2D eigenvalue weighted by Gasteiger charge is -2.20. The van der Waals surface area contributed by atoms with Crippen LogP contribution in [0.25, 0.3) is 0 Å². The molecule has 1 aliphatic rings. The molecule has 0 radical (unpaired) electrons. The first-order valence-electron chi connectivity index (χ1n) is 6.41. The molecule has 0 saturated heterocycles. The summed E-state index contributed by atoms with van der Waals surface area (Å²) in [4.78, 5) is 0. The Morgan fingerprint density at radius 3 is 3.06 bits per heavy atom. The predicted molar refractivity (Wildman–Crippen MR) is 73.6 cm³/mol. The minimum atomic E-state index is -0.738. The smallest absolute Gasteiger partial charge is 0.126 e. The molecule has 0 amide bonds. The molecular weight excluding hydrogens is 249 g/mol. The van der Waals surface area contributed by atoms with Crippen LogP contribution in [0.15, 0.2) is 18.2 Å². The zero-order chi connectivity index (χ0) is 13.1. The van der Waals surface area contributed by atoms with E-state index < -0.39 is 10.8 Å². The molecule has 3 unspecified atom stereocenters. The van der Waals surface area contributed by atoms with Crippen molar-refractivity contribution in [2.75, 3.05) is 12.0 Å². The summed E-state index contributed by atoms with van der Waals surface area (Å²) < 4.78 is 24.6. The predicted octanol–water partition coefficient (Wildman–Crippen LogP) is 2.56. The van der Waals surface area contributed by atoms with Crippen LogP contribution in [0.4, 0.5) is 4.39 Å². The Morgan fingerprint density at radius 1 is 1.56 bits per heavy atom. The number of rotatable bonds is 5. The van der Waals surface area contributed by atoms with Gasteiger partial charge >= 0.3 is 0 Å². The summed E-state index contributed by atoms with van der Waals surface area (Å²) in [5.41, 5.74) is 1.96. The lowest BCUT2D eigenvalue weighted by Crippen LogP contribution is -2.30. The summed E-state index contributed by atoms with van der Waals surface area (Å²) in [6, 6.07) is 5.88. The van der Waals surface area contributed by atoms with E-state index in [-0.39, 0.29) is 11.9 Å². The van der Waals surface area contributed by atoms with E-state index >= 15 is 0 Å². The van der Waals surface area contributed by atoms with Crippen LogP contribution in [0.3, 0.4) is 0 Å². The monoisotopic (exact) mass is 269 g/mol. The Hall–Kier alpha value is -0.740. The van der Waals surface area contributed by atoms with Crippen molar-refractivity contribution < 1.29 is 8.60 Å². The second-order valence-corrected chi connectivity index (χ2v) is 6.59. The number of fused-ring (bicyclic) bond motifs is 1. The summed E-state index contributed by atoms with van der Waals surface area (Å²) in [6.45, 7) is 2.10. The molecular formula is C14H20FNOS. The van der Waals surface area contributed by atoms with Crippen LogP contribution in [0.1, 0.15) is 36.9 Å². The standard InChI is InChI=1S/C14H20FNOS/c1-10(8-9-18(2)17)16-14-7-6-11-12(14)4-3-5-13(11)15/h3-5,10,14,16H,6-9H2,1-2H3. The molecule has 0 aromatic heterocycles.